The number of nitrogens with one attached hydrogen (secondary N) is 1. The van der Waals surface area contributed by atoms with Crippen LogP contribution in [0.2, 0.25) is 0 Å². The highest BCUT2D eigenvalue weighted by molar-refractivity contribution is 5.79. The van der Waals surface area contributed by atoms with Gasteiger partial charge in [-0.1, -0.05) is 24.3 Å². The molecule has 0 bridgehead atoms. The number of halogens is 10. The summed E-state index contributed by atoms with van der Waals surface area (Å²) in [5.41, 5.74) is -5.61. The molecule has 0 saturated heterocycles. The minimum absolute atomic E-state index is 0.264. The van der Waals surface area contributed by atoms with Crippen molar-refractivity contribution in [3.63, 3.8) is 0 Å². The molecule has 2 heterocycles. The second-order valence-electron chi connectivity index (χ2n) is 12.9. The molecule has 0 radical (unpaired) electrons. The number of hydrogen-bond donors (Lipinski definition) is 2. The number of H-pyrrole nitrogens is 1. The number of rotatable bonds is 8. The third kappa shape index (κ3) is 10.3. The Morgan fingerprint density at radius 3 is 1.53 bits per heavy atom. The van der Waals surface area contributed by atoms with E-state index in [4.69, 9.17) is 0 Å². The lowest BCUT2D eigenvalue weighted by Gasteiger charge is -2.21. The Labute approximate surface area is 311 Å². The average Bonchev–Trinajstić information content (AvgIpc) is 3.07. The molecule has 0 saturated carbocycles. The van der Waals surface area contributed by atoms with E-state index < -0.39 is 98.6 Å². The number of aromatic nitrogens is 4. The molecule has 0 aliphatic rings. The maximum absolute atomic E-state index is 14.4. The Morgan fingerprint density at radius 1 is 0.614 bits per heavy atom. The molecule has 57 heavy (non-hydrogen) atoms. The van der Waals surface area contributed by atoms with Crippen molar-refractivity contribution in [2.24, 2.45) is 0 Å². The topological polar surface area (TPSA) is 138 Å². The van der Waals surface area contributed by atoms with E-state index in [2.05, 4.69) is 14.5 Å². The summed E-state index contributed by atoms with van der Waals surface area (Å²) in [6.45, 7) is 1.63. The number of ether oxygens (including phenoxy) is 2. The zero-order chi connectivity index (χ0) is 42.2. The summed E-state index contributed by atoms with van der Waals surface area (Å²) in [5, 5.41) is 9.34. The lowest BCUT2D eigenvalue weighted by atomic mass is 10.1. The highest BCUT2D eigenvalue weighted by Gasteiger charge is 2.32. The second kappa shape index (κ2) is 15.6. The van der Waals surface area contributed by atoms with Crippen LogP contribution in [0.5, 0.6) is 11.5 Å². The van der Waals surface area contributed by atoms with Crippen molar-refractivity contribution in [1.29, 1.82) is 0 Å². The van der Waals surface area contributed by atoms with Crippen LogP contribution in [0.15, 0.2) is 92.0 Å². The molecular weight excluding hydrogens is 790 g/mol. The number of benzene rings is 4. The number of aliphatic hydroxyl groups is 1. The molecule has 6 aromatic rings. The highest BCUT2D eigenvalue weighted by Crippen LogP contribution is 2.25. The molecule has 11 nitrogen and oxygen atoms in total. The normalized spacial score (nSPS) is 12.1. The van der Waals surface area contributed by atoms with Gasteiger partial charge in [-0.3, -0.25) is 23.3 Å². The van der Waals surface area contributed by atoms with Crippen LogP contribution in [0.4, 0.5) is 43.9 Å². The van der Waals surface area contributed by atoms with Crippen LogP contribution in [0.25, 0.3) is 21.8 Å². The van der Waals surface area contributed by atoms with Gasteiger partial charge in [0.2, 0.25) is 0 Å². The van der Waals surface area contributed by atoms with Gasteiger partial charge in [0, 0.05) is 12.1 Å². The SMILES string of the molecule is CC(C)(O)Cn1c(=O)n(Cc2ccc(OC(F)(F)F)cc2)c(=O)c2cc(F)cc(F)c21.O=c1[nH]c2c(F)cc(F)cc2c(=O)n1Cc1ccc(OC(F)(F)F)cc1. The zero-order valence-corrected chi connectivity index (χ0v) is 29.1. The van der Waals surface area contributed by atoms with Crippen LogP contribution in [0.1, 0.15) is 25.0 Å². The molecule has 2 N–H and O–H groups in total. The van der Waals surface area contributed by atoms with Gasteiger partial charge in [-0.15, -0.1) is 26.3 Å². The first-order valence-corrected chi connectivity index (χ1v) is 16.0. The van der Waals surface area contributed by atoms with E-state index in [-0.39, 0.29) is 24.0 Å². The fraction of sp³-hybridized carbons (Fsp3) is 0.222. The predicted molar refractivity (Wildman–Crippen MR) is 182 cm³/mol. The molecule has 21 heteroatoms. The molecule has 0 spiro atoms. The summed E-state index contributed by atoms with van der Waals surface area (Å²) >= 11 is 0. The van der Waals surface area contributed by atoms with Crippen LogP contribution in [0, 0.1) is 23.3 Å². The van der Waals surface area contributed by atoms with Gasteiger partial charge in [-0.25, -0.2) is 27.2 Å². The van der Waals surface area contributed by atoms with Crippen molar-refractivity contribution < 1.29 is 58.5 Å². The number of hydrogen-bond acceptors (Lipinski definition) is 7. The van der Waals surface area contributed by atoms with Gasteiger partial charge in [0.05, 0.1) is 47.0 Å². The van der Waals surface area contributed by atoms with Crippen molar-refractivity contribution in [2.75, 3.05) is 0 Å². The number of alkyl halides is 6. The van der Waals surface area contributed by atoms with E-state index in [9.17, 15) is 68.2 Å². The van der Waals surface area contributed by atoms with Crippen molar-refractivity contribution in [3.8, 4) is 11.5 Å². The van der Waals surface area contributed by atoms with E-state index >= 15 is 0 Å². The zero-order valence-electron chi connectivity index (χ0n) is 29.1. The third-order valence-corrected chi connectivity index (χ3v) is 7.78. The van der Waals surface area contributed by atoms with Gasteiger partial charge in [-0.2, -0.15) is 0 Å². The van der Waals surface area contributed by atoms with Crippen LogP contribution in [-0.2, 0) is 19.6 Å². The highest BCUT2D eigenvalue weighted by atomic mass is 19.4. The Balaban J connectivity index is 0.000000221. The lowest BCUT2D eigenvalue weighted by Crippen LogP contribution is -2.43. The standard InChI is InChI=1S/C20H17F5N2O4.C16H9F5N2O3/c1-19(2,30)10-27-16-14(7-12(21)8-15(16)22)17(28)26(18(27)29)9-11-3-5-13(6-4-11)31-20(23,24)25;17-9-5-11-13(12(18)6-9)22-15(25)23(14(11)24)7-8-1-3-10(4-2-8)26-16(19,20)21/h3-8,30H,9-10H2,1-2H3;1-6H,7H2,(H,22,25). The van der Waals surface area contributed by atoms with E-state index in [0.29, 0.717) is 26.8 Å². The van der Waals surface area contributed by atoms with E-state index in [1.807, 2.05) is 0 Å². The van der Waals surface area contributed by atoms with Crippen LogP contribution >= 0.6 is 0 Å². The van der Waals surface area contributed by atoms with Gasteiger partial charge in [-0.05, 0) is 61.4 Å². The molecule has 0 aliphatic carbocycles. The molecule has 4 aromatic carbocycles. The fourth-order valence-electron chi connectivity index (χ4n) is 5.53. The largest absolute Gasteiger partial charge is 0.573 e. The summed E-state index contributed by atoms with van der Waals surface area (Å²) in [7, 11) is 0. The summed E-state index contributed by atoms with van der Waals surface area (Å²) < 4.78 is 138. The molecule has 0 atom stereocenters. The molecule has 0 unspecified atom stereocenters. The van der Waals surface area contributed by atoms with E-state index in [1.165, 1.54) is 38.1 Å². The molecule has 0 aliphatic heterocycles. The molecule has 6 rings (SSSR count). The summed E-state index contributed by atoms with van der Waals surface area (Å²) in [5.74, 6) is -5.21. The van der Waals surface area contributed by atoms with Gasteiger partial charge in [0.25, 0.3) is 11.1 Å². The fourth-order valence-corrected chi connectivity index (χ4v) is 5.53. The van der Waals surface area contributed by atoms with Gasteiger partial charge < -0.3 is 19.6 Å². The third-order valence-electron chi connectivity index (χ3n) is 7.78. The summed E-state index contributed by atoms with van der Waals surface area (Å²) in [4.78, 5) is 52.3. The first-order chi connectivity index (χ1) is 26.4. The molecule has 0 amide bonds. The Morgan fingerprint density at radius 2 is 1.05 bits per heavy atom. The Kier molecular flexibility index (Phi) is 11.5. The number of nitrogens with zero attached hydrogens (tertiary/aromatic N) is 3. The van der Waals surface area contributed by atoms with E-state index in [1.54, 1.807) is 0 Å². The quantitative estimate of drug-likeness (QED) is 0.178. The van der Waals surface area contributed by atoms with Gasteiger partial charge in [0.15, 0.2) is 11.6 Å². The molecule has 2 aromatic heterocycles. The first kappa shape index (κ1) is 41.8. The Bertz CT molecular complexity index is 2700. The van der Waals surface area contributed by atoms with Crippen LogP contribution < -0.4 is 32.0 Å². The van der Waals surface area contributed by atoms with Gasteiger partial charge >= 0.3 is 24.1 Å². The molecule has 302 valence electrons. The van der Waals surface area contributed by atoms with Crippen LogP contribution in [0.3, 0.4) is 0 Å². The lowest BCUT2D eigenvalue weighted by molar-refractivity contribution is -0.275. The van der Waals surface area contributed by atoms with Crippen LogP contribution in [-0.4, -0.2) is 42.1 Å². The smallest absolute Gasteiger partial charge is 0.406 e. The monoisotopic (exact) mass is 816 g/mol. The number of aromatic amines is 1. The minimum Gasteiger partial charge on any atom is -0.406 e. The number of fused-ring (bicyclic) bond motifs is 2. The predicted octanol–water partition coefficient (Wildman–Crippen LogP) is 6.07. The maximum atomic E-state index is 14.4. The van der Waals surface area contributed by atoms with Crippen molar-refractivity contribution >= 4 is 21.8 Å². The summed E-state index contributed by atoms with van der Waals surface area (Å²) in [6, 6.07) is 11.5. The average molecular weight is 817 g/mol. The molecule has 0 fully saturated rings. The summed E-state index contributed by atoms with van der Waals surface area (Å²) in [6.07, 6.45) is -9.72. The van der Waals surface area contributed by atoms with Crippen molar-refractivity contribution in [2.45, 2.75) is 51.8 Å². The van der Waals surface area contributed by atoms with E-state index in [0.717, 1.165) is 41.0 Å². The van der Waals surface area contributed by atoms with Crippen molar-refractivity contribution in [1.82, 2.24) is 18.7 Å². The van der Waals surface area contributed by atoms with Gasteiger partial charge in [0.1, 0.15) is 23.1 Å². The van der Waals surface area contributed by atoms with Crippen molar-refractivity contribution in [3.05, 3.63) is 149 Å². The Hall–Kier alpha value is -6.38. The first-order valence-electron chi connectivity index (χ1n) is 16.0. The molecular formula is C36H26F10N4O7. The second-order valence-corrected chi connectivity index (χ2v) is 12.9. The minimum atomic E-state index is -4.88. The maximum Gasteiger partial charge on any atom is 0.573 e.